The summed E-state index contributed by atoms with van der Waals surface area (Å²) in [6, 6.07) is 7.64. The van der Waals surface area contributed by atoms with Crippen LogP contribution in [0.1, 0.15) is 13.8 Å². The van der Waals surface area contributed by atoms with Crippen LogP contribution >= 0.6 is 0 Å². The number of benzene rings is 1. The fraction of sp³-hybridized carbons (Fsp3) is 0.300. The van der Waals surface area contributed by atoms with Gasteiger partial charge in [-0.05, 0) is 36.4 Å². The van der Waals surface area contributed by atoms with Gasteiger partial charge in [-0.15, -0.1) is 5.10 Å². The molecule has 0 spiro atoms. The zero-order chi connectivity index (χ0) is 10.7. The molecule has 0 unspecified atom stereocenters. The molecule has 0 fully saturated rings. The van der Waals surface area contributed by atoms with Gasteiger partial charge in [-0.25, -0.2) is 4.68 Å². The molecule has 0 aliphatic carbocycles. The first kappa shape index (κ1) is 9.64. The molecule has 0 N–H and O–H groups in total. The van der Waals surface area contributed by atoms with E-state index >= 15 is 0 Å². The Kier molecular flexibility index (Phi) is 2.62. The first-order chi connectivity index (χ1) is 7.25. The van der Waals surface area contributed by atoms with Crippen molar-refractivity contribution in [2.24, 2.45) is 0 Å². The minimum Gasteiger partial charge on any atom is -0.491 e. The van der Waals surface area contributed by atoms with Crippen molar-refractivity contribution in [1.82, 2.24) is 20.2 Å². The third-order valence-corrected chi connectivity index (χ3v) is 1.80. The van der Waals surface area contributed by atoms with E-state index in [0.29, 0.717) is 0 Å². The van der Waals surface area contributed by atoms with Gasteiger partial charge in [0.2, 0.25) is 0 Å². The quantitative estimate of drug-likeness (QED) is 0.759. The summed E-state index contributed by atoms with van der Waals surface area (Å²) in [5.41, 5.74) is 0.887. The van der Waals surface area contributed by atoms with Gasteiger partial charge in [0.05, 0.1) is 11.8 Å². The third kappa shape index (κ3) is 2.31. The predicted molar refractivity (Wildman–Crippen MR) is 54.9 cm³/mol. The van der Waals surface area contributed by atoms with Crippen LogP contribution in [0.3, 0.4) is 0 Å². The van der Waals surface area contributed by atoms with E-state index in [-0.39, 0.29) is 6.10 Å². The zero-order valence-corrected chi connectivity index (χ0v) is 8.66. The SMILES string of the molecule is CC(C)Oc1cccc(-n2cnnn2)c1. The van der Waals surface area contributed by atoms with Crippen molar-refractivity contribution in [2.75, 3.05) is 0 Å². The van der Waals surface area contributed by atoms with Crippen LogP contribution in [0.25, 0.3) is 5.69 Å². The second kappa shape index (κ2) is 4.08. The molecule has 2 aromatic rings. The Morgan fingerprint density at radius 2 is 2.20 bits per heavy atom. The maximum Gasteiger partial charge on any atom is 0.143 e. The van der Waals surface area contributed by atoms with E-state index in [1.807, 2.05) is 38.1 Å². The van der Waals surface area contributed by atoms with E-state index in [1.165, 1.54) is 0 Å². The molecule has 0 aliphatic heterocycles. The van der Waals surface area contributed by atoms with Crippen molar-refractivity contribution < 1.29 is 4.74 Å². The molecular formula is C10H12N4O. The number of hydrogen-bond donors (Lipinski definition) is 0. The van der Waals surface area contributed by atoms with Crippen LogP contribution in [0.5, 0.6) is 5.75 Å². The predicted octanol–water partition coefficient (Wildman–Crippen LogP) is 1.45. The monoisotopic (exact) mass is 204 g/mol. The van der Waals surface area contributed by atoms with Crippen LogP contribution in [0.2, 0.25) is 0 Å². The van der Waals surface area contributed by atoms with Crippen LogP contribution in [-0.2, 0) is 0 Å². The van der Waals surface area contributed by atoms with E-state index in [2.05, 4.69) is 15.5 Å². The Hall–Kier alpha value is -1.91. The van der Waals surface area contributed by atoms with E-state index in [0.717, 1.165) is 11.4 Å². The van der Waals surface area contributed by atoms with Crippen molar-refractivity contribution in [3.8, 4) is 11.4 Å². The summed E-state index contributed by atoms with van der Waals surface area (Å²) in [7, 11) is 0. The van der Waals surface area contributed by atoms with E-state index in [9.17, 15) is 0 Å². The van der Waals surface area contributed by atoms with E-state index in [4.69, 9.17) is 4.74 Å². The van der Waals surface area contributed by atoms with Gasteiger partial charge in [0.15, 0.2) is 0 Å². The largest absolute Gasteiger partial charge is 0.491 e. The summed E-state index contributed by atoms with van der Waals surface area (Å²) in [5.74, 6) is 0.818. The van der Waals surface area contributed by atoms with Crippen molar-refractivity contribution in [3.05, 3.63) is 30.6 Å². The number of aromatic nitrogens is 4. The average molecular weight is 204 g/mol. The zero-order valence-electron chi connectivity index (χ0n) is 8.66. The fourth-order valence-electron chi connectivity index (χ4n) is 1.25. The summed E-state index contributed by atoms with van der Waals surface area (Å²) in [4.78, 5) is 0. The topological polar surface area (TPSA) is 52.8 Å². The van der Waals surface area contributed by atoms with Crippen molar-refractivity contribution >= 4 is 0 Å². The van der Waals surface area contributed by atoms with Crippen LogP contribution in [0, 0.1) is 0 Å². The Labute approximate surface area is 87.7 Å². The second-order valence-electron chi connectivity index (χ2n) is 3.42. The Morgan fingerprint density at radius 3 is 2.87 bits per heavy atom. The summed E-state index contributed by atoms with van der Waals surface area (Å²) in [5, 5.41) is 11.0. The highest BCUT2D eigenvalue weighted by Gasteiger charge is 2.01. The molecule has 78 valence electrons. The Bertz CT molecular complexity index is 425. The molecule has 1 heterocycles. The van der Waals surface area contributed by atoms with Gasteiger partial charge in [-0.2, -0.15) is 0 Å². The van der Waals surface area contributed by atoms with Gasteiger partial charge in [-0.1, -0.05) is 6.07 Å². The molecule has 0 aliphatic rings. The van der Waals surface area contributed by atoms with Gasteiger partial charge in [0, 0.05) is 6.07 Å². The summed E-state index contributed by atoms with van der Waals surface area (Å²) < 4.78 is 7.16. The molecule has 0 radical (unpaired) electrons. The van der Waals surface area contributed by atoms with Crippen LogP contribution in [0.15, 0.2) is 30.6 Å². The maximum atomic E-state index is 5.57. The molecule has 0 atom stereocenters. The normalized spacial score (nSPS) is 10.6. The molecule has 0 saturated carbocycles. The molecule has 0 bridgehead atoms. The van der Waals surface area contributed by atoms with Crippen LogP contribution < -0.4 is 4.74 Å². The summed E-state index contributed by atoms with van der Waals surface area (Å²) >= 11 is 0. The molecule has 1 aromatic heterocycles. The van der Waals surface area contributed by atoms with Gasteiger partial charge < -0.3 is 4.74 Å². The van der Waals surface area contributed by atoms with Gasteiger partial charge in [0.25, 0.3) is 0 Å². The number of rotatable bonds is 3. The van der Waals surface area contributed by atoms with Crippen LogP contribution in [-0.4, -0.2) is 26.3 Å². The molecule has 5 nitrogen and oxygen atoms in total. The lowest BCUT2D eigenvalue weighted by molar-refractivity contribution is 0.242. The standard InChI is InChI=1S/C10H12N4O/c1-8(2)15-10-5-3-4-9(6-10)14-7-11-12-13-14/h3-8H,1-2H3. The number of nitrogens with zero attached hydrogens (tertiary/aromatic N) is 4. The van der Waals surface area contributed by atoms with Gasteiger partial charge in [0.1, 0.15) is 12.1 Å². The molecule has 0 amide bonds. The number of hydrogen-bond acceptors (Lipinski definition) is 4. The Balaban J connectivity index is 2.27. The highest BCUT2D eigenvalue weighted by Crippen LogP contribution is 2.16. The average Bonchev–Trinajstić information content (AvgIpc) is 2.69. The van der Waals surface area contributed by atoms with Gasteiger partial charge in [-0.3, -0.25) is 0 Å². The minimum atomic E-state index is 0.161. The highest BCUT2D eigenvalue weighted by molar-refractivity contribution is 5.38. The summed E-state index contributed by atoms with van der Waals surface area (Å²) in [6.45, 7) is 3.98. The van der Waals surface area contributed by atoms with Crippen molar-refractivity contribution in [2.45, 2.75) is 20.0 Å². The fourth-order valence-corrected chi connectivity index (χ4v) is 1.25. The lowest BCUT2D eigenvalue weighted by atomic mass is 10.3. The number of ether oxygens (including phenoxy) is 1. The molecular weight excluding hydrogens is 192 g/mol. The van der Waals surface area contributed by atoms with E-state index in [1.54, 1.807) is 11.0 Å². The van der Waals surface area contributed by atoms with Crippen LogP contribution in [0.4, 0.5) is 0 Å². The lowest BCUT2D eigenvalue weighted by Gasteiger charge is -2.10. The molecule has 1 aromatic carbocycles. The Morgan fingerprint density at radius 1 is 1.33 bits per heavy atom. The third-order valence-electron chi connectivity index (χ3n) is 1.80. The second-order valence-corrected chi connectivity index (χ2v) is 3.42. The van der Waals surface area contributed by atoms with Gasteiger partial charge >= 0.3 is 0 Å². The molecule has 5 heteroatoms. The van der Waals surface area contributed by atoms with Crippen molar-refractivity contribution in [1.29, 1.82) is 0 Å². The molecule has 2 rings (SSSR count). The maximum absolute atomic E-state index is 5.57. The first-order valence-corrected chi connectivity index (χ1v) is 4.76. The molecule has 0 saturated heterocycles. The minimum absolute atomic E-state index is 0.161. The smallest absolute Gasteiger partial charge is 0.143 e. The highest BCUT2D eigenvalue weighted by atomic mass is 16.5. The lowest BCUT2D eigenvalue weighted by Crippen LogP contribution is -2.06. The van der Waals surface area contributed by atoms with Crippen molar-refractivity contribution in [3.63, 3.8) is 0 Å². The number of tetrazole rings is 1. The summed E-state index contributed by atoms with van der Waals surface area (Å²) in [6.07, 6.45) is 1.71. The van der Waals surface area contributed by atoms with E-state index < -0.39 is 0 Å². The first-order valence-electron chi connectivity index (χ1n) is 4.76. The molecule has 15 heavy (non-hydrogen) atoms.